The normalized spacial score (nSPS) is 10.2. The fraction of sp³-hybridized carbons (Fsp3) is 0.0714. The second kappa shape index (κ2) is 5.95. The minimum absolute atomic E-state index is 0.454. The predicted molar refractivity (Wildman–Crippen MR) is 78.7 cm³/mol. The maximum Gasteiger partial charge on any atom is 0.248 e. The van der Waals surface area contributed by atoms with Crippen LogP contribution < -0.4 is 11.1 Å². The van der Waals surface area contributed by atoms with Gasteiger partial charge in [-0.3, -0.25) is 4.79 Å². The molecular formula is C14H12Cl2N2O. The molecule has 3 N–H and O–H groups in total. The molecule has 2 aromatic rings. The first-order chi connectivity index (χ1) is 9.08. The second-order valence-corrected chi connectivity index (χ2v) is 4.80. The van der Waals surface area contributed by atoms with Crippen molar-refractivity contribution in [1.82, 2.24) is 0 Å². The van der Waals surface area contributed by atoms with Crippen LogP contribution in [0.4, 0.5) is 5.69 Å². The number of rotatable bonds is 4. The molecule has 0 aromatic heterocycles. The second-order valence-electron chi connectivity index (χ2n) is 4.01. The molecule has 0 fully saturated rings. The van der Waals surface area contributed by atoms with Crippen molar-refractivity contribution in [2.24, 2.45) is 5.73 Å². The Bertz CT molecular complexity index is 614. The van der Waals surface area contributed by atoms with Gasteiger partial charge >= 0.3 is 0 Å². The van der Waals surface area contributed by atoms with Gasteiger partial charge in [0.25, 0.3) is 0 Å². The summed E-state index contributed by atoms with van der Waals surface area (Å²) in [4.78, 5) is 11.1. The Balaban J connectivity index is 2.12. The Labute approximate surface area is 121 Å². The number of hydrogen-bond donors (Lipinski definition) is 2. The van der Waals surface area contributed by atoms with Crippen LogP contribution >= 0.6 is 23.2 Å². The Morgan fingerprint density at radius 2 is 1.89 bits per heavy atom. The summed E-state index contributed by atoms with van der Waals surface area (Å²) in [6, 6.07) is 12.4. The zero-order valence-electron chi connectivity index (χ0n) is 9.99. The summed E-state index contributed by atoms with van der Waals surface area (Å²) in [5.41, 5.74) is 7.38. The molecular weight excluding hydrogens is 283 g/mol. The van der Waals surface area contributed by atoms with Gasteiger partial charge in [0.15, 0.2) is 0 Å². The van der Waals surface area contributed by atoms with E-state index in [0.717, 1.165) is 11.3 Å². The lowest BCUT2D eigenvalue weighted by atomic mass is 10.1. The van der Waals surface area contributed by atoms with Gasteiger partial charge < -0.3 is 11.1 Å². The summed E-state index contributed by atoms with van der Waals surface area (Å²) in [6.07, 6.45) is 0. The number of nitrogens with two attached hydrogens (primary N) is 1. The van der Waals surface area contributed by atoms with Crippen molar-refractivity contribution >= 4 is 34.8 Å². The van der Waals surface area contributed by atoms with E-state index in [2.05, 4.69) is 5.32 Å². The van der Waals surface area contributed by atoms with E-state index in [1.165, 1.54) is 0 Å². The van der Waals surface area contributed by atoms with Crippen molar-refractivity contribution in [3.8, 4) is 0 Å². The molecule has 3 nitrogen and oxygen atoms in total. The highest BCUT2D eigenvalue weighted by Gasteiger charge is 2.05. The molecule has 2 aromatic carbocycles. The molecule has 1 amide bonds. The maximum absolute atomic E-state index is 11.1. The number of hydrogen-bond acceptors (Lipinski definition) is 2. The lowest BCUT2D eigenvalue weighted by Gasteiger charge is -2.09. The number of carbonyl (C=O) groups is 1. The largest absolute Gasteiger partial charge is 0.381 e. The van der Waals surface area contributed by atoms with Crippen molar-refractivity contribution in [2.75, 3.05) is 5.32 Å². The van der Waals surface area contributed by atoms with Gasteiger partial charge in [-0.25, -0.2) is 0 Å². The average molecular weight is 295 g/mol. The zero-order valence-corrected chi connectivity index (χ0v) is 11.5. The Kier molecular flexibility index (Phi) is 4.30. The molecule has 0 atom stereocenters. The van der Waals surface area contributed by atoms with E-state index in [1.807, 2.05) is 18.2 Å². The van der Waals surface area contributed by atoms with Crippen LogP contribution in [0.5, 0.6) is 0 Å². The highest BCUT2D eigenvalue weighted by molar-refractivity contribution is 6.42. The molecule has 0 radical (unpaired) electrons. The highest BCUT2D eigenvalue weighted by atomic mass is 35.5. The third kappa shape index (κ3) is 3.40. The van der Waals surface area contributed by atoms with Gasteiger partial charge in [0.2, 0.25) is 5.91 Å². The van der Waals surface area contributed by atoms with Crippen molar-refractivity contribution in [1.29, 1.82) is 0 Å². The van der Waals surface area contributed by atoms with Gasteiger partial charge in [-0.05, 0) is 29.8 Å². The molecule has 0 saturated heterocycles. The van der Waals surface area contributed by atoms with Crippen LogP contribution in [0.2, 0.25) is 10.0 Å². The standard InChI is InChI=1S/C14H12Cl2N2O/c15-12-6-2-4-10(13(12)16)8-18-11-5-1-3-9(7-11)14(17)19/h1-7,18H,8H2,(H2,17,19). The van der Waals surface area contributed by atoms with Crippen molar-refractivity contribution < 1.29 is 4.79 Å². The van der Waals surface area contributed by atoms with E-state index in [9.17, 15) is 4.79 Å². The number of primary amides is 1. The van der Waals surface area contributed by atoms with E-state index in [4.69, 9.17) is 28.9 Å². The van der Waals surface area contributed by atoms with Gasteiger partial charge in [0.1, 0.15) is 0 Å². The maximum atomic E-state index is 11.1. The van der Waals surface area contributed by atoms with Crippen LogP contribution in [0.3, 0.4) is 0 Å². The van der Waals surface area contributed by atoms with E-state index >= 15 is 0 Å². The fourth-order valence-corrected chi connectivity index (χ4v) is 2.05. The number of amides is 1. The van der Waals surface area contributed by atoms with Crippen LogP contribution in [0.1, 0.15) is 15.9 Å². The van der Waals surface area contributed by atoms with Crippen LogP contribution in [-0.2, 0) is 6.54 Å². The van der Waals surface area contributed by atoms with E-state index in [0.29, 0.717) is 22.2 Å². The summed E-state index contributed by atoms with van der Waals surface area (Å²) >= 11 is 12.0. The van der Waals surface area contributed by atoms with Crippen molar-refractivity contribution in [2.45, 2.75) is 6.54 Å². The lowest BCUT2D eigenvalue weighted by Crippen LogP contribution is -2.11. The zero-order chi connectivity index (χ0) is 13.8. The third-order valence-corrected chi connectivity index (χ3v) is 3.52. The van der Waals surface area contributed by atoms with Gasteiger partial charge in [-0.2, -0.15) is 0 Å². The number of carbonyl (C=O) groups excluding carboxylic acids is 1. The smallest absolute Gasteiger partial charge is 0.248 e. The molecule has 0 bridgehead atoms. The van der Waals surface area contributed by atoms with Crippen LogP contribution in [0.25, 0.3) is 0 Å². The van der Waals surface area contributed by atoms with Gasteiger partial charge in [-0.15, -0.1) is 0 Å². The van der Waals surface area contributed by atoms with Gasteiger partial charge in [0.05, 0.1) is 10.0 Å². The molecule has 0 spiro atoms. The highest BCUT2D eigenvalue weighted by Crippen LogP contribution is 2.26. The fourth-order valence-electron chi connectivity index (χ4n) is 1.66. The first kappa shape index (κ1) is 13.7. The Morgan fingerprint density at radius 1 is 1.16 bits per heavy atom. The molecule has 19 heavy (non-hydrogen) atoms. The molecule has 0 unspecified atom stereocenters. The van der Waals surface area contributed by atoms with Gasteiger partial charge in [-0.1, -0.05) is 41.4 Å². The minimum Gasteiger partial charge on any atom is -0.381 e. The molecule has 98 valence electrons. The number of benzene rings is 2. The number of anilines is 1. The van der Waals surface area contributed by atoms with Crippen LogP contribution in [0.15, 0.2) is 42.5 Å². The summed E-state index contributed by atoms with van der Waals surface area (Å²) in [6.45, 7) is 0.515. The third-order valence-electron chi connectivity index (χ3n) is 2.66. The minimum atomic E-state index is -0.454. The molecule has 0 aliphatic carbocycles. The summed E-state index contributed by atoms with van der Waals surface area (Å²) in [7, 11) is 0. The van der Waals surface area contributed by atoms with Gasteiger partial charge in [0, 0.05) is 17.8 Å². The SMILES string of the molecule is NC(=O)c1cccc(NCc2cccc(Cl)c2Cl)c1. The summed E-state index contributed by atoms with van der Waals surface area (Å²) < 4.78 is 0. The Hall–Kier alpha value is -1.71. The summed E-state index contributed by atoms with van der Waals surface area (Å²) in [5, 5.41) is 4.22. The van der Waals surface area contributed by atoms with E-state index in [1.54, 1.807) is 24.3 Å². The van der Waals surface area contributed by atoms with E-state index < -0.39 is 5.91 Å². The molecule has 0 heterocycles. The van der Waals surface area contributed by atoms with E-state index in [-0.39, 0.29) is 0 Å². The molecule has 2 rings (SSSR count). The van der Waals surface area contributed by atoms with Crippen molar-refractivity contribution in [3.05, 3.63) is 63.6 Å². The topological polar surface area (TPSA) is 55.1 Å². The average Bonchev–Trinajstić information content (AvgIpc) is 2.41. The van der Waals surface area contributed by atoms with Crippen molar-refractivity contribution in [3.63, 3.8) is 0 Å². The lowest BCUT2D eigenvalue weighted by molar-refractivity contribution is 0.100. The molecule has 5 heteroatoms. The molecule has 0 saturated carbocycles. The number of nitrogens with one attached hydrogen (secondary N) is 1. The molecule has 0 aliphatic rings. The van der Waals surface area contributed by atoms with Crippen LogP contribution in [0, 0.1) is 0 Å². The monoisotopic (exact) mass is 294 g/mol. The first-order valence-corrected chi connectivity index (χ1v) is 6.40. The van der Waals surface area contributed by atoms with Crippen LogP contribution in [-0.4, -0.2) is 5.91 Å². The Morgan fingerprint density at radius 3 is 2.63 bits per heavy atom. The predicted octanol–water partition coefficient (Wildman–Crippen LogP) is 3.70. The first-order valence-electron chi connectivity index (χ1n) is 5.64. The quantitative estimate of drug-likeness (QED) is 0.903. The molecule has 0 aliphatic heterocycles. The summed E-state index contributed by atoms with van der Waals surface area (Å²) in [5.74, 6) is -0.454. The number of halogens is 2.